The summed E-state index contributed by atoms with van der Waals surface area (Å²) < 4.78 is 31.7. The smallest absolute Gasteiger partial charge is 0.338 e. The lowest BCUT2D eigenvalue weighted by molar-refractivity contribution is 0.0496. The van der Waals surface area contributed by atoms with Crippen LogP contribution >= 0.6 is 0 Å². The van der Waals surface area contributed by atoms with Crippen molar-refractivity contribution in [3.8, 4) is 0 Å². The number of fused-ring (bicyclic) bond motifs is 1. The average molecular weight is 389 g/mol. The van der Waals surface area contributed by atoms with Gasteiger partial charge in [-0.2, -0.15) is 0 Å². The van der Waals surface area contributed by atoms with Crippen molar-refractivity contribution < 1.29 is 17.9 Å². The number of anilines is 1. The van der Waals surface area contributed by atoms with Crippen LogP contribution in [-0.4, -0.2) is 36.8 Å². The first-order valence-corrected chi connectivity index (χ1v) is 10.2. The predicted octanol–water partition coefficient (Wildman–Crippen LogP) is 1.95. The van der Waals surface area contributed by atoms with E-state index in [4.69, 9.17) is 4.74 Å². The van der Waals surface area contributed by atoms with Crippen molar-refractivity contribution in [1.29, 1.82) is 0 Å². The molecule has 3 aromatic rings. The maximum atomic E-state index is 12.1. The second-order valence-electron chi connectivity index (χ2n) is 6.04. The summed E-state index contributed by atoms with van der Waals surface area (Å²) in [7, 11) is -3.43. The van der Waals surface area contributed by atoms with Crippen molar-refractivity contribution in [1.82, 2.24) is 9.55 Å². The Morgan fingerprint density at radius 1 is 1.19 bits per heavy atom. The van der Waals surface area contributed by atoms with E-state index in [0.29, 0.717) is 13.0 Å². The number of carbonyl (C=O) groups excluding carboxylic acids is 1. The number of hydrogen-bond acceptors (Lipinski definition) is 5. The minimum absolute atomic E-state index is 0.133. The van der Waals surface area contributed by atoms with Crippen LogP contribution in [0.2, 0.25) is 0 Å². The highest BCUT2D eigenvalue weighted by Crippen LogP contribution is 2.13. The van der Waals surface area contributed by atoms with Gasteiger partial charge in [0.2, 0.25) is 10.0 Å². The SMILES string of the molecule is CS(=O)(=O)Nc1cccc(C(=O)OCCCn2c(=O)[nH]c3ccccc32)c1. The van der Waals surface area contributed by atoms with Gasteiger partial charge in [0.15, 0.2) is 0 Å². The van der Waals surface area contributed by atoms with Crippen LogP contribution < -0.4 is 10.4 Å². The van der Waals surface area contributed by atoms with Crippen molar-refractivity contribution in [2.45, 2.75) is 13.0 Å². The Kier molecular flexibility index (Phi) is 5.31. The van der Waals surface area contributed by atoms with Gasteiger partial charge in [-0.15, -0.1) is 0 Å². The molecule has 1 heterocycles. The van der Waals surface area contributed by atoms with E-state index in [2.05, 4.69) is 9.71 Å². The number of rotatable bonds is 7. The number of aromatic amines is 1. The fraction of sp³-hybridized carbons (Fsp3) is 0.222. The number of benzene rings is 2. The molecule has 0 aliphatic carbocycles. The Hall–Kier alpha value is -3.07. The third-order valence-electron chi connectivity index (χ3n) is 3.84. The minimum Gasteiger partial charge on any atom is -0.462 e. The maximum absolute atomic E-state index is 12.1. The average Bonchev–Trinajstić information content (AvgIpc) is 2.92. The number of nitrogens with one attached hydrogen (secondary N) is 2. The van der Waals surface area contributed by atoms with Gasteiger partial charge in [-0.05, 0) is 36.8 Å². The molecule has 142 valence electrons. The number of aromatic nitrogens is 2. The predicted molar refractivity (Wildman–Crippen MR) is 102 cm³/mol. The molecule has 9 heteroatoms. The van der Waals surface area contributed by atoms with Crippen LogP contribution in [0, 0.1) is 0 Å². The minimum atomic E-state index is -3.43. The van der Waals surface area contributed by atoms with Crippen molar-refractivity contribution >= 4 is 32.7 Å². The number of sulfonamides is 1. The molecule has 0 unspecified atom stereocenters. The summed E-state index contributed by atoms with van der Waals surface area (Å²) >= 11 is 0. The molecule has 0 saturated heterocycles. The van der Waals surface area contributed by atoms with Gasteiger partial charge >= 0.3 is 11.7 Å². The highest BCUT2D eigenvalue weighted by molar-refractivity contribution is 7.92. The Balaban J connectivity index is 1.58. The summed E-state index contributed by atoms with van der Waals surface area (Å²) in [6.07, 6.45) is 1.50. The van der Waals surface area contributed by atoms with Gasteiger partial charge < -0.3 is 9.72 Å². The van der Waals surface area contributed by atoms with Crippen LogP contribution in [0.1, 0.15) is 16.8 Å². The molecule has 2 N–H and O–H groups in total. The largest absolute Gasteiger partial charge is 0.462 e. The van der Waals surface area contributed by atoms with Gasteiger partial charge in [0.05, 0.1) is 29.5 Å². The molecule has 0 bridgehead atoms. The first kappa shape index (κ1) is 18.7. The molecule has 0 aliphatic heterocycles. The normalized spacial score (nSPS) is 11.4. The van der Waals surface area contributed by atoms with Gasteiger partial charge in [-0.1, -0.05) is 18.2 Å². The summed E-state index contributed by atoms with van der Waals surface area (Å²) in [5.41, 5.74) is 1.88. The number of hydrogen-bond donors (Lipinski definition) is 2. The summed E-state index contributed by atoms with van der Waals surface area (Å²) in [6, 6.07) is 13.4. The molecule has 3 rings (SSSR count). The summed E-state index contributed by atoms with van der Waals surface area (Å²) in [5.74, 6) is -0.557. The van der Waals surface area contributed by atoms with Crippen molar-refractivity contribution in [3.63, 3.8) is 0 Å². The summed E-state index contributed by atoms with van der Waals surface area (Å²) in [5, 5.41) is 0. The quantitative estimate of drug-likeness (QED) is 0.474. The standard InChI is InChI=1S/C18H19N3O5S/c1-27(24,25)20-14-7-4-6-13(12-14)17(22)26-11-5-10-21-16-9-3-2-8-15(16)19-18(21)23/h2-4,6-9,12,20H,5,10-11H2,1H3,(H,19,23). The molecule has 1 aromatic heterocycles. The van der Waals surface area contributed by atoms with Crippen molar-refractivity contribution in [3.05, 3.63) is 64.6 Å². The number of nitrogens with zero attached hydrogens (tertiary/aromatic N) is 1. The van der Waals surface area contributed by atoms with E-state index in [1.54, 1.807) is 22.8 Å². The van der Waals surface area contributed by atoms with E-state index in [-0.39, 0.29) is 23.5 Å². The fourth-order valence-corrected chi connectivity index (χ4v) is 3.28. The van der Waals surface area contributed by atoms with Gasteiger partial charge in [0.1, 0.15) is 0 Å². The van der Waals surface area contributed by atoms with Crippen molar-refractivity contribution in [2.75, 3.05) is 17.6 Å². The Morgan fingerprint density at radius 3 is 2.74 bits per heavy atom. The van der Waals surface area contributed by atoms with Crippen LogP contribution in [0.3, 0.4) is 0 Å². The lowest BCUT2D eigenvalue weighted by Gasteiger charge is -2.08. The van der Waals surface area contributed by atoms with Crippen LogP contribution in [0.15, 0.2) is 53.3 Å². The fourth-order valence-electron chi connectivity index (χ4n) is 2.72. The molecule has 0 aliphatic rings. The van der Waals surface area contributed by atoms with E-state index >= 15 is 0 Å². The van der Waals surface area contributed by atoms with Gasteiger partial charge in [-0.25, -0.2) is 18.0 Å². The van der Waals surface area contributed by atoms with Gasteiger partial charge in [-0.3, -0.25) is 9.29 Å². The number of aryl methyl sites for hydroxylation is 1. The maximum Gasteiger partial charge on any atom is 0.338 e. The molecule has 0 amide bonds. The highest BCUT2D eigenvalue weighted by atomic mass is 32.2. The zero-order valence-electron chi connectivity index (χ0n) is 14.6. The van der Waals surface area contributed by atoms with Gasteiger partial charge in [0.25, 0.3) is 0 Å². The molecule has 27 heavy (non-hydrogen) atoms. The number of carbonyl (C=O) groups is 1. The number of ether oxygens (including phenoxy) is 1. The second kappa shape index (κ2) is 7.67. The van der Waals surface area contributed by atoms with E-state index in [9.17, 15) is 18.0 Å². The Labute approximate surface area is 155 Å². The molecule has 2 aromatic carbocycles. The summed E-state index contributed by atoms with van der Waals surface area (Å²) in [4.78, 5) is 26.9. The van der Waals surface area contributed by atoms with Crippen LogP contribution in [0.4, 0.5) is 5.69 Å². The molecule has 0 spiro atoms. The number of para-hydroxylation sites is 2. The second-order valence-corrected chi connectivity index (χ2v) is 7.79. The lowest BCUT2D eigenvalue weighted by Crippen LogP contribution is -2.18. The first-order valence-electron chi connectivity index (χ1n) is 8.26. The zero-order chi connectivity index (χ0) is 19.4. The number of H-pyrrole nitrogens is 1. The number of esters is 1. The van der Waals surface area contributed by atoms with Crippen LogP contribution in [0.25, 0.3) is 11.0 Å². The zero-order valence-corrected chi connectivity index (χ0v) is 15.5. The molecule has 0 atom stereocenters. The molecule has 0 fully saturated rings. The molecule has 0 saturated carbocycles. The van der Waals surface area contributed by atoms with Crippen LogP contribution in [-0.2, 0) is 21.3 Å². The lowest BCUT2D eigenvalue weighted by atomic mass is 10.2. The van der Waals surface area contributed by atoms with E-state index in [1.807, 2.05) is 24.3 Å². The van der Waals surface area contributed by atoms with Crippen molar-refractivity contribution in [2.24, 2.45) is 0 Å². The molecular formula is C18H19N3O5S. The monoisotopic (exact) mass is 389 g/mol. The Morgan fingerprint density at radius 2 is 1.96 bits per heavy atom. The molecule has 8 nitrogen and oxygen atoms in total. The van der Waals surface area contributed by atoms with Crippen LogP contribution in [0.5, 0.6) is 0 Å². The molecular weight excluding hydrogens is 370 g/mol. The first-order chi connectivity index (χ1) is 12.8. The third-order valence-corrected chi connectivity index (χ3v) is 4.45. The summed E-state index contributed by atoms with van der Waals surface area (Å²) in [6.45, 7) is 0.542. The van der Waals surface area contributed by atoms with E-state index < -0.39 is 16.0 Å². The third kappa shape index (κ3) is 4.76. The highest BCUT2D eigenvalue weighted by Gasteiger charge is 2.10. The van der Waals surface area contributed by atoms with E-state index in [1.165, 1.54) is 6.07 Å². The molecule has 0 radical (unpaired) electrons. The Bertz CT molecular complexity index is 1130. The van der Waals surface area contributed by atoms with E-state index in [0.717, 1.165) is 17.3 Å². The number of imidazole rings is 1. The van der Waals surface area contributed by atoms with Gasteiger partial charge in [0, 0.05) is 12.2 Å². The topological polar surface area (TPSA) is 110 Å².